The third-order valence-electron chi connectivity index (χ3n) is 4.88. The standard InChI is InChI=1S/C14H23N3O/c1-15-13(12-9-6-4-5-7-10(9)12)14-11(18-3)8-16-17(14)2/h8-10,12-13,15H,4-7H2,1-3H3. The third kappa shape index (κ3) is 1.74. The van der Waals surface area contributed by atoms with Crippen LogP contribution < -0.4 is 10.1 Å². The fourth-order valence-electron chi connectivity index (χ4n) is 3.99. The molecule has 2 saturated carbocycles. The summed E-state index contributed by atoms with van der Waals surface area (Å²) in [5.74, 6) is 3.55. The number of hydrogen-bond acceptors (Lipinski definition) is 3. The van der Waals surface area contributed by atoms with Gasteiger partial charge in [-0.1, -0.05) is 12.8 Å². The molecule has 1 aromatic rings. The van der Waals surface area contributed by atoms with Crippen LogP contribution in [0, 0.1) is 17.8 Å². The molecule has 3 rings (SSSR count). The monoisotopic (exact) mass is 249 g/mol. The molecule has 3 unspecified atom stereocenters. The lowest BCUT2D eigenvalue weighted by Gasteiger charge is -2.18. The normalized spacial score (nSPS) is 31.8. The van der Waals surface area contributed by atoms with Gasteiger partial charge in [-0.15, -0.1) is 0 Å². The first kappa shape index (κ1) is 12.0. The minimum Gasteiger partial charge on any atom is -0.493 e. The van der Waals surface area contributed by atoms with Gasteiger partial charge in [-0.3, -0.25) is 4.68 Å². The van der Waals surface area contributed by atoms with Crippen molar-refractivity contribution in [1.82, 2.24) is 15.1 Å². The van der Waals surface area contributed by atoms with Gasteiger partial charge in [0.05, 0.1) is 25.0 Å². The molecular weight excluding hydrogens is 226 g/mol. The number of nitrogens with zero attached hydrogens (tertiary/aromatic N) is 2. The summed E-state index contributed by atoms with van der Waals surface area (Å²) < 4.78 is 7.42. The van der Waals surface area contributed by atoms with Crippen molar-refractivity contribution in [2.24, 2.45) is 24.8 Å². The number of aryl methyl sites for hydroxylation is 1. The van der Waals surface area contributed by atoms with Crippen LogP contribution in [0.3, 0.4) is 0 Å². The van der Waals surface area contributed by atoms with Gasteiger partial charge in [-0.05, 0) is 37.6 Å². The van der Waals surface area contributed by atoms with E-state index < -0.39 is 0 Å². The van der Waals surface area contributed by atoms with Crippen LogP contribution in [0.25, 0.3) is 0 Å². The molecule has 1 heterocycles. The Bertz CT molecular complexity index is 417. The zero-order valence-electron chi connectivity index (χ0n) is 11.5. The Morgan fingerprint density at radius 1 is 1.39 bits per heavy atom. The zero-order chi connectivity index (χ0) is 12.7. The fraction of sp³-hybridized carbons (Fsp3) is 0.786. The molecule has 2 aliphatic rings. The molecule has 0 saturated heterocycles. The van der Waals surface area contributed by atoms with Crippen molar-refractivity contribution in [3.63, 3.8) is 0 Å². The van der Waals surface area contributed by atoms with Crippen molar-refractivity contribution in [3.8, 4) is 5.75 Å². The van der Waals surface area contributed by atoms with Gasteiger partial charge in [-0.25, -0.2) is 0 Å². The molecule has 1 aromatic heterocycles. The van der Waals surface area contributed by atoms with Gasteiger partial charge in [0, 0.05) is 7.05 Å². The third-order valence-corrected chi connectivity index (χ3v) is 4.88. The molecule has 0 aliphatic heterocycles. The average Bonchev–Trinajstić information content (AvgIpc) is 3.00. The molecule has 4 nitrogen and oxygen atoms in total. The predicted octanol–water partition coefficient (Wildman–Crippen LogP) is 2.13. The maximum atomic E-state index is 5.46. The summed E-state index contributed by atoms with van der Waals surface area (Å²) in [6.07, 6.45) is 7.47. The summed E-state index contributed by atoms with van der Waals surface area (Å²) in [7, 11) is 5.79. The Labute approximate surface area is 109 Å². The van der Waals surface area contributed by atoms with Gasteiger partial charge < -0.3 is 10.1 Å². The first-order valence-corrected chi connectivity index (χ1v) is 7.01. The minimum absolute atomic E-state index is 0.389. The van der Waals surface area contributed by atoms with Crippen LogP contribution in [0.1, 0.15) is 37.4 Å². The number of aromatic nitrogens is 2. The lowest BCUT2D eigenvalue weighted by molar-refractivity contribution is 0.382. The maximum absolute atomic E-state index is 5.46. The van der Waals surface area contributed by atoms with Gasteiger partial charge in [0.25, 0.3) is 0 Å². The first-order chi connectivity index (χ1) is 8.77. The van der Waals surface area contributed by atoms with E-state index in [1.165, 1.54) is 31.4 Å². The number of ether oxygens (including phenoxy) is 1. The number of fused-ring (bicyclic) bond motifs is 1. The van der Waals surface area contributed by atoms with Crippen molar-refractivity contribution in [1.29, 1.82) is 0 Å². The van der Waals surface area contributed by atoms with Crippen LogP contribution >= 0.6 is 0 Å². The highest BCUT2D eigenvalue weighted by molar-refractivity contribution is 5.30. The molecule has 2 aliphatic carbocycles. The van der Waals surface area contributed by atoms with E-state index in [0.29, 0.717) is 6.04 Å². The highest BCUT2D eigenvalue weighted by atomic mass is 16.5. The van der Waals surface area contributed by atoms with Crippen LogP contribution in [0.15, 0.2) is 6.20 Å². The van der Waals surface area contributed by atoms with Crippen molar-refractivity contribution in [2.75, 3.05) is 14.2 Å². The van der Waals surface area contributed by atoms with Crippen LogP contribution in [0.5, 0.6) is 5.75 Å². The van der Waals surface area contributed by atoms with Gasteiger partial charge in [-0.2, -0.15) is 5.10 Å². The van der Waals surface area contributed by atoms with Gasteiger partial charge in [0.1, 0.15) is 0 Å². The second-order valence-electron chi connectivity index (χ2n) is 5.68. The average molecular weight is 249 g/mol. The van der Waals surface area contributed by atoms with Gasteiger partial charge >= 0.3 is 0 Å². The van der Waals surface area contributed by atoms with Crippen LogP contribution in [-0.2, 0) is 7.05 Å². The lowest BCUT2D eigenvalue weighted by atomic mass is 10.0. The molecule has 4 heteroatoms. The molecular formula is C14H23N3O. The fourth-order valence-corrected chi connectivity index (χ4v) is 3.99. The number of nitrogens with one attached hydrogen (secondary N) is 1. The van der Waals surface area contributed by atoms with Crippen LogP contribution in [-0.4, -0.2) is 23.9 Å². The second kappa shape index (κ2) is 4.57. The highest BCUT2D eigenvalue weighted by Gasteiger charge is 2.55. The Morgan fingerprint density at radius 2 is 2.06 bits per heavy atom. The molecule has 0 radical (unpaired) electrons. The molecule has 0 aromatic carbocycles. The molecule has 18 heavy (non-hydrogen) atoms. The predicted molar refractivity (Wildman–Crippen MR) is 70.5 cm³/mol. The largest absolute Gasteiger partial charge is 0.493 e. The van der Waals surface area contributed by atoms with Gasteiger partial charge in [0.15, 0.2) is 5.75 Å². The zero-order valence-corrected chi connectivity index (χ0v) is 11.5. The summed E-state index contributed by atoms with van der Waals surface area (Å²) in [5.41, 5.74) is 1.21. The second-order valence-corrected chi connectivity index (χ2v) is 5.68. The van der Waals surface area contributed by atoms with Crippen LogP contribution in [0.4, 0.5) is 0 Å². The Balaban J connectivity index is 1.86. The van der Waals surface area contributed by atoms with Crippen molar-refractivity contribution < 1.29 is 4.74 Å². The van der Waals surface area contributed by atoms with E-state index in [-0.39, 0.29) is 0 Å². The summed E-state index contributed by atoms with van der Waals surface area (Å²) in [6.45, 7) is 0. The Kier molecular flexibility index (Phi) is 3.06. The Hall–Kier alpha value is -1.03. The smallest absolute Gasteiger partial charge is 0.161 e. The Morgan fingerprint density at radius 3 is 2.61 bits per heavy atom. The quantitative estimate of drug-likeness (QED) is 0.888. The highest BCUT2D eigenvalue weighted by Crippen LogP contribution is 2.60. The van der Waals surface area contributed by atoms with Crippen molar-refractivity contribution >= 4 is 0 Å². The summed E-state index contributed by atoms with van der Waals surface area (Å²) in [6, 6.07) is 0.389. The topological polar surface area (TPSA) is 39.1 Å². The summed E-state index contributed by atoms with van der Waals surface area (Å²) in [5, 5.41) is 7.83. The van der Waals surface area contributed by atoms with E-state index in [9.17, 15) is 0 Å². The summed E-state index contributed by atoms with van der Waals surface area (Å²) >= 11 is 0. The van der Waals surface area contributed by atoms with Crippen molar-refractivity contribution in [3.05, 3.63) is 11.9 Å². The molecule has 100 valence electrons. The molecule has 0 amide bonds. The molecule has 1 N–H and O–H groups in total. The molecule has 2 fully saturated rings. The van der Waals surface area contributed by atoms with E-state index in [2.05, 4.69) is 17.5 Å². The molecule has 3 atom stereocenters. The van der Waals surface area contributed by atoms with Crippen LogP contribution in [0.2, 0.25) is 0 Å². The van der Waals surface area contributed by atoms with Gasteiger partial charge in [0.2, 0.25) is 0 Å². The number of rotatable bonds is 4. The number of hydrogen-bond donors (Lipinski definition) is 1. The van der Waals surface area contributed by atoms with E-state index in [1.54, 1.807) is 7.11 Å². The maximum Gasteiger partial charge on any atom is 0.161 e. The van der Waals surface area contributed by atoms with Crippen molar-refractivity contribution in [2.45, 2.75) is 31.7 Å². The van der Waals surface area contributed by atoms with E-state index in [0.717, 1.165) is 23.5 Å². The summed E-state index contributed by atoms with van der Waals surface area (Å²) in [4.78, 5) is 0. The lowest BCUT2D eigenvalue weighted by Crippen LogP contribution is -2.23. The number of methoxy groups -OCH3 is 1. The SMILES string of the molecule is CNC(c1c(OC)cnn1C)C1C2CCCCC21. The van der Waals surface area contributed by atoms with E-state index in [1.807, 2.05) is 17.9 Å². The van der Waals surface area contributed by atoms with E-state index in [4.69, 9.17) is 4.74 Å². The molecule has 0 spiro atoms. The first-order valence-electron chi connectivity index (χ1n) is 7.01. The minimum atomic E-state index is 0.389. The van der Waals surface area contributed by atoms with E-state index >= 15 is 0 Å². The molecule has 0 bridgehead atoms.